The van der Waals surface area contributed by atoms with E-state index in [-0.39, 0.29) is 23.5 Å². The number of carbonyl (C=O) groups is 4. The molecule has 0 spiro atoms. The van der Waals surface area contributed by atoms with E-state index in [2.05, 4.69) is 5.32 Å². The van der Waals surface area contributed by atoms with Crippen LogP contribution in [0, 0.1) is 29.6 Å². The average Bonchev–Trinajstić information content (AvgIpc) is 3.83. The maximum absolute atomic E-state index is 14.0. The highest BCUT2D eigenvalue weighted by atomic mass is 35.5. The van der Waals surface area contributed by atoms with E-state index < -0.39 is 85.0 Å². The van der Waals surface area contributed by atoms with Crippen molar-refractivity contribution in [3.63, 3.8) is 0 Å². The molecule has 248 valence electrons. The number of esters is 4. The number of hydrogen-bond acceptors (Lipinski definition) is 13. The van der Waals surface area contributed by atoms with Gasteiger partial charge in [0.2, 0.25) is 20.0 Å². The van der Waals surface area contributed by atoms with Gasteiger partial charge in [-0.05, 0) is 64.2 Å². The number of rotatable bonds is 14. The highest BCUT2D eigenvalue weighted by Gasteiger charge is 2.80. The minimum absolute atomic E-state index is 0.159. The van der Waals surface area contributed by atoms with Gasteiger partial charge in [0.25, 0.3) is 0 Å². The molecule has 4 saturated carbocycles. The van der Waals surface area contributed by atoms with E-state index in [9.17, 15) is 29.4 Å². The summed E-state index contributed by atoms with van der Waals surface area (Å²) >= 11 is 12.2. The molecular weight excluding hydrogens is 637 g/mol. The fraction of sp³-hybridized carbons (Fsp3) is 0.667. The van der Waals surface area contributed by atoms with Crippen molar-refractivity contribution in [2.75, 3.05) is 13.6 Å². The molecule has 0 heterocycles. The van der Waals surface area contributed by atoms with Crippen LogP contribution in [0.1, 0.15) is 52.0 Å². The van der Waals surface area contributed by atoms with Gasteiger partial charge in [-0.1, -0.05) is 29.3 Å². The predicted octanol–water partition coefficient (Wildman–Crippen LogP) is 2.44. The number of hydrogen-bond donors (Lipinski definition) is 3. The molecule has 0 aromatic heterocycles. The Kier molecular flexibility index (Phi) is 10.0. The van der Waals surface area contributed by atoms with Crippen molar-refractivity contribution in [1.29, 1.82) is 0 Å². The zero-order valence-electron chi connectivity index (χ0n) is 25.0. The third-order valence-corrected chi connectivity index (χ3v) is 8.96. The van der Waals surface area contributed by atoms with Gasteiger partial charge in [-0.3, -0.25) is 19.7 Å². The number of ether oxygens (including phenoxy) is 6. The Morgan fingerprint density at radius 1 is 0.933 bits per heavy atom. The van der Waals surface area contributed by atoms with Crippen molar-refractivity contribution in [3.05, 3.63) is 33.8 Å². The van der Waals surface area contributed by atoms with Gasteiger partial charge in [-0.2, -0.15) is 0 Å². The SMILES string of the molecule is CC(C)(C)OC(O)N[C@@]1(C(=O)OCOC(=O)C2CC2)[C@H](OCc2ccc(Cl)c(Cl)c2)[C@@H](O)C2[C@H](C(=O)OCOC(=O)C3CC3)[C@H]21. The van der Waals surface area contributed by atoms with E-state index in [4.69, 9.17) is 51.6 Å². The zero-order chi connectivity index (χ0) is 32.7. The second-order valence-corrected chi connectivity index (χ2v) is 13.6. The fourth-order valence-corrected chi connectivity index (χ4v) is 6.11. The molecule has 4 aliphatic rings. The molecular formula is C30H37Cl2NO12. The molecule has 0 amide bonds. The first-order chi connectivity index (χ1) is 21.2. The summed E-state index contributed by atoms with van der Waals surface area (Å²) in [5.41, 5.74) is -2.43. The molecule has 15 heteroatoms. The first-order valence-corrected chi connectivity index (χ1v) is 15.5. The molecule has 4 fully saturated rings. The Morgan fingerprint density at radius 2 is 1.51 bits per heavy atom. The maximum Gasteiger partial charge on any atom is 0.332 e. The number of carbonyl (C=O) groups excluding carboxylic acids is 4. The number of aliphatic hydroxyl groups excluding tert-OH is 2. The summed E-state index contributed by atoms with van der Waals surface area (Å²) in [7, 11) is 0. The summed E-state index contributed by atoms with van der Waals surface area (Å²) in [4.78, 5) is 51.1. The Hall–Kier alpha value is -2.52. The van der Waals surface area contributed by atoms with Crippen LogP contribution in [0.25, 0.3) is 0 Å². The lowest BCUT2D eigenvalue weighted by atomic mass is 9.86. The van der Waals surface area contributed by atoms with E-state index >= 15 is 0 Å². The first-order valence-electron chi connectivity index (χ1n) is 14.8. The molecule has 3 N–H and O–H groups in total. The van der Waals surface area contributed by atoms with E-state index in [1.54, 1.807) is 39.0 Å². The summed E-state index contributed by atoms with van der Waals surface area (Å²) in [5, 5.41) is 25.8. The van der Waals surface area contributed by atoms with Gasteiger partial charge in [-0.15, -0.1) is 0 Å². The number of halogens is 2. The molecule has 7 atom stereocenters. The molecule has 2 unspecified atom stereocenters. The summed E-state index contributed by atoms with van der Waals surface area (Å²) in [5.74, 6) is -6.33. The Balaban J connectivity index is 1.39. The Bertz CT molecular complexity index is 1310. The van der Waals surface area contributed by atoms with Gasteiger partial charge in [-0.25, -0.2) is 4.79 Å². The fourth-order valence-electron chi connectivity index (χ4n) is 5.79. The van der Waals surface area contributed by atoms with Gasteiger partial charge < -0.3 is 38.6 Å². The molecule has 4 aliphatic carbocycles. The molecule has 0 aliphatic heterocycles. The van der Waals surface area contributed by atoms with Crippen LogP contribution in [0.4, 0.5) is 0 Å². The highest BCUT2D eigenvalue weighted by molar-refractivity contribution is 6.42. The standard InChI is InChI=1S/C30H37Cl2NO12/c1-29(2,3)45-28(39)33-30(27(38)44-13-42-25(36)16-7-8-16)21-19(20(21)26(37)43-12-41-24(35)15-5-6-15)22(34)23(30)40-11-14-4-9-17(31)18(32)10-14/h4,9-10,15-16,19-23,28,33-34,39H,5-8,11-13H2,1-3H3/t19?,20-,21-,22-,23+,28?,30+/m0/s1. The Labute approximate surface area is 269 Å². The molecule has 1 aromatic carbocycles. The number of aliphatic hydroxyl groups is 2. The molecule has 0 radical (unpaired) electrons. The Morgan fingerprint density at radius 3 is 2.07 bits per heavy atom. The van der Waals surface area contributed by atoms with Crippen LogP contribution in [-0.2, 0) is 54.2 Å². The van der Waals surface area contributed by atoms with E-state index in [1.165, 1.54) is 0 Å². The predicted molar refractivity (Wildman–Crippen MR) is 154 cm³/mol. The summed E-state index contributed by atoms with van der Waals surface area (Å²) < 4.78 is 32.4. The summed E-state index contributed by atoms with van der Waals surface area (Å²) in [6, 6.07) is 4.75. The van der Waals surface area contributed by atoms with Crippen LogP contribution in [0.5, 0.6) is 0 Å². The quantitative estimate of drug-likeness (QED) is 0.194. The van der Waals surface area contributed by atoms with Crippen molar-refractivity contribution >= 4 is 47.1 Å². The molecule has 13 nitrogen and oxygen atoms in total. The van der Waals surface area contributed by atoms with E-state index in [1.807, 2.05) is 0 Å². The first kappa shape index (κ1) is 33.8. The normalized spacial score (nSPS) is 29.4. The lowest BCUT2D eigenvalue weighted by Gasteiger charge is -2.40. The van der Waals surface area contributed by atoms with Gasteiger partial charge in [0.1, 0.15) is 6.10 Å². The van der Waals surface area contributed by atoms with Crippen molar-refractivity contribution in [1.82, 2.24) is 5.32 Å². The van der Waals surface area contributed by atoms with Crippen LogP contribution in [0.3, 0.4) is 0 Å². The third kappa shape index (κ3) is 7.73. The molecule has 5 rings (SSSR count). The minimum atomic E-state index is -2.09. The number of benzene rings is 1. The van der Waals surface area contributed by atoms with Crippen molar-refractivity contribution in [3.8, 4) is 0 Å². The van der Waals surface area contributed by atoms with Crippen molar-refractivity contribution in [2.24, 2.45) is 29.6 Å². The zero-order valence-corrected chi connectivity index (χ0v) is 26.5. The van der Waals surface area contributed by atoms with Gasteiger partial charge >= 0.3 is 23.9 Å². The monoisotopic (exact) mass is 673 g/mol. The van der Waals surface area contributed by atoms with Crippen LogP contribution < -0.4 is 5.32 Å². The third-order valence-electron chi connectivity index (χ3n) is 8.22. The second kappa shape index (κ2) is 13.3. The highest BCUT2D eigenvalue weighted by Crippen LogP contribution is 2.64. The topological polar surface area (TPSA) is 176 Å². The number of nitrogens with one attached hydrogen (secondary N) is 1. The molecule has 0 saturated heterocycles. The number of fused-ring (bicyclic) bond motifs is 1. The lowest BCUT2D eigenvalue weighted by molar-refractivity contribution is -0.217. The molecule has 45 heavy (non-hydrogen) atoms. The van der Waals surface area contributed by atoms with Crippen LogP contribution in [0.2, 0.25) is 10.0 Å². The van der Waals surface area contributed by atoms with Crippen LogP contribution >= 0.6 is 23.2 Å². The average molecular weight is 675 g/mol. The van der Waals surface area contributed by atoms with Gasteiger partial charge in [0.15, 0.2) is 5.54 Å². The van der Waals surface area contributed by atoms with Crippen LogP contribution in [0.15, 0.2) is 18.2 Å². The smallest absolute Gasteiger partial charge is 0.332 e. The minimum Gasteiger partial charge on any atom is -0.428 e. The van der Waals surface area contributed by atoms with Crippen molar-refractivity contribution < 1.29 is 57.8 Å². The maximum atomic E-state index is 14.0. The molecule has 1 aromatic rings. The van der Waals surface area contributed by atoms with E-state index in [0.717, 1.165) is 0 Å². The van der Waals surface area contributed by atoms with Crippen molar-refractivity contribution in [2.45, 2.75) is 82.8 Å². The van der Waals surface area contributed by atoms with Gasteiger partial charge in [0, 0.05) is 11.8 Å². The summed E-state index contributed by atoms with van der Waals surface area (Å²) in [6.45, 7) is 3.48. The summed E-state index contributed by atoms with van der Waals surface area (Å²) in [6.07, 6.45) is -1.88. The largest absolute Gasteiger partial charge is 0.428 e. The van der Waals surface area contributed by atoms with Gasteiger partial charge in [0.05, 0.1) is 46.1 Å². The van der Waals surface area contributed by atoms with E-state index in [0.29, 0.717) is 36.3 Å². The second-order valence-electron chi connectivity index (χ2n) is 12.8. The van der Waals surface area contributed by atoms with Crippen LogP contribution in [-0.4, -0.2) is 77.4 Å². The lowest BCUT2D eigenvalue weighted by Crippen LogP contribution is -2.67. The molecule has 0 bridgehead atoms.